The molecule has 2 aromatic heterocycles. The summed E-state index contributed by atoms with van der Waals surface area (Å²) >= 11 is 0. The Hall–Kier alpha value is -4.21. The summed E-state index contributed by atoms with van der Waals surface area (Å²) in [5.74, 6) is 0.868. The van der Waals surface area contributed by atoms with Gasteiger partial charge in [0.15, 0.2) is 11.2 Å². The quantitative estimate of drug-likeness (QED) is 0.518. The lowest BCUT2D eigenvalue weighted by atomic mass is 10.3. The van der Waals surface area contributed by atoms with E-state index in [0.29, 0.717) is 22.9 Å². The molecule has 4 rings (SSSR count). The molecule has 0 bridgehead atoms. The van der Waals surface area contributed by atoms with Crippen LogP contribution in [0.25, 0.3) is 16.9 Å². The van der Waals surface area contributed by atoms with Gasteiger partial charge < -0.3 is 14.8 Å². The molecule has 0 saturated carbocycles. The van der Waals surface area contributed by atoms with Crippen molar-refractivity contribution in [2.75, 3.05) is 19.5 Å². The Morgan fingerprint density at radius 2 is 1.80 bits per heavy atom. The van der Waals surface area contributed by atoms with Crippen molar-refractivity contribution in [1.82, 2.24) is 24.5 Å². The molecule has 0 atom stereocenters. The largest absolute Gasteiger partial charge is 0.497 e. The molecule has 0 unspecified atom stereocenters. The summed E-state index contributed by atoms with van der Waals surface area (Å²) in [7, 11) is 3.10. The van der Waals surface area contributed by atoms with Crippen LogP contribution in [-0.4, -0.2) is 44.7 Å². The fourth-order valence-electron chi connectivity index (χ4n) is 2.93. The first-order chi connectivity index (χ1) is 14.6. The van der Waals surface area contributed by atoms with Gasteiger partial charge in [-0.2, -0.15) is 4.68 Å². The second kappa shape index (κ2) is 8.03. The molecule has 0 spiro atoms. The van der Waals surface area contributed by atoms with Gasteiger partial charge in [-0.1, -0.05) is 17.3 Å². The highest BCUT2D eigenvalue weighted by atomic mass is 16.5. The molecular formula is C20H18N6O4. The van der Waals surface area contributed by atoms with Gasteiger partial charge in [0.1, 0.15) is 24.4 Å². The first kappa shape index (κ1) is 19.1. The summed E-state index contributed by atoms with van der Waals surface area (Å²) < 4.78 is 13.0. The number of nitrogens with zero attached hydrogens (tertiary/aromatic N) is 5. The number of ether oxygens (including phenoxy) is 2. The number of hydrogen-bond donors (Lipinski definition) is 1. The number of nitrogens with one attached hydrogen (secondary N) is 1. The Morgan fingerprint density at radius 3 is 2.57 bits per heavy atom. The molecule has 152 valence electrons. The number of benzene rings is 2. The molecule has 0 radical (unpaired) electrons. The zero-order valence-corrected chi connectivity index (χ0v) is 16.3. The van der Waals surface area contributed by atoms with Gasteiger partial charge in [0.25, 0.3) is 5.56 Å². The molecular weight excluding hydrogens is 388 g/mol. The summed E-state index contributed by atoms with van der Waals surface area (Å²) in [6.07, 6.45) is 1.30. The molecule has 2 heterocycles. The minimum atomic E-state index is -0.463. The summed E-state index contributed by atoms with van der Waals surface area (Å²) in [6, 6.07) is 14.1. The van der Waals surface area contributed by atoms with Crippen molar-refractivity contribution in [1.29, 1.82) is 0 Å². The van der Waals surface area contributed by atoms with Gasteiger partial charge in [-0.15, -0.1) is 5.10 Å². The van der Waals surface area contributed by atoms with E-state index in [2.05, 4.69) is 20.6 Å². The Kier molecular flexibility index (Phi) is 5.12. The normalized spacial score (nSPS) is 10.7. The number of amides is 1. The standard InChI is InChI=1S/C20H18N6O4/c1-29-15-7-3-5-13(9-15)22-17(27)11-25-12-21-19-18(20(25)28)23-24-26(19)14-6-4-8-16(10-14)30-2/h3-10,12H,11H2,1-2H3,(H,22,27). The van der Waals surface area contributed by atoms with Crippen molar-refractivity contribution < 1.29 is 14.3 Å². The van der Waals surface area contributed by atoms with E-state index in [1.807, 2.05) is 0 Å². The molecule has 30 heavy (non-hydrogen) atoms. The van der Waals surface area contributed by atoms with E-state index in [1.165, 1.54) is 15.6 Å². The van der Waals surface area contributed by atoms with Crippen molar-refractivity contribution in [3.8, 4) is 17.2 Å². The van der Waals surface area contributed by atoms with E-state index in [4.69, 9.17) is 9.47 Å². The zero-order chi connectivity index (χ0) is 21.1. The van der Waals surface area contributed by atoms with Gasteiger partial charge in [0.2, 0.25) is 5.91 Å². The van der Waals surface area contributed by atoms with E-state index >= 15 is 0 Å². The van der Waals surface area contributed by atoms with Crippen molar-refractivity contribution >= 4 is 22.8 Å². The van der Waals surface area contributed by atoms with Gasteiger partial charge >= 0.3 is 0 Å². The van der Waals surface area contributed by atoms with Crippen LogP contribution >= 0.6 is 0 Å². The number of aromatic nitrogens is 5. The Bertz CT molecular complexity index is 1280. The summed E-state index contributed by atoms with van der Waals surface area (Å²) in [5.41, 5.74) is 1.10. The van der Waals surface area contributed by atoms with E-state index in [1.54, 1.807) is 62.8 Å². The van der Waals surface area contributed by atoms with Crippen molar-refractivity contribution in [2.45, 2.75) is 6.54 Å². The van der Waals surface area contributed by atoms with Crippen LogP contribution in [0.5, 0.6) is 11.5 Å². The monoisotopic (exact) mass is 406 g/mol. The van der Waals surface area contributed by atoms with E-state index in [-0.39, 0.29) is 23.6 Å². The van der Waals surface area contributed by atoms with Gasteiger partial charge in [-0.05, 0) is 24.3 Å². The third-order valence-electron chi connectivity index (χ3n) is 4.39. The van der Waals surface area contributed by atoms with Gasteiger partial charge in [-0.25, -0.2) is 4.98 Å². The maximum atomic E-state index is 12.8. The maximum Gasteiger partial charge on any atom is 0.284 e. The molecule has 4 aromatic rings. The highest BCUT2D eigenvalue weighted by Gasteiger charge is 2.15. The third kappa shape index (κ3) is 3.70. The zero-order valence-electron chi connectivity index (χ0n) is 16.3. The lowest BCUT2D eigenvalue weighted by molar-refractivity contribution is -0.116. The minimum absolute atomic E-state index is 0.0644. The van der Waals surface area contributed by atoms with Crippen LogP contribution in [0, 0.1) is 0 Å². The number of fused-ring (bicyclic) bond motifs is 1. The molecule has 0 aliphatic heterocycles. The molecule has 10 nitrogen and oxygen atoms in total. The molecule has 10 heteroatoms. The number of anilines is 1. The molecule has 0 aliphatic carbocycles. The van der Waals surface area contributed by atoms with E-state index < -0.39 is 5.56 Å². The van der Waals surface area contributed by atoms with Gasteiger partial charge in [0, 0.05) is 17.8 Å². The second-order valence-corrected chi connectivity index (χ2v) is 6.33. The Labute approximate surface area is 170 Å². The number of carbonyl (C=O) groups excluding carboxylic acids is 1. The van der Waals surface area contributed by atoms with Crippen LogP contribution in [0.15, 0.2) is 59.7 Å². The molecule has 0 saturated heterocycles. The Balaban J connectivity index is 1.59. The van der Waals surface area contributed by atoms with Gasteiger partial charge in [0.05, 0.1) is 19.9 Å². The molecule has 0 aliphatic rings. The molecule has 2 aromatic carbocycles. The Morgan fingerprint density at radius 1 is 1.07 bits per heavy atom. The van der Waals surface area contributed by atoms with Crippen LogP contribution in [0.4, 0.5) is 5.69 Å². The van der Waals surface area contributed by atoms with Crippen LogP contribution in [0.1, 0.15) is 0 Å². The first-order valence-electron chi connectivity index (χ1n) is 8.98. The summed E-state index contributed by atoms with van der Waals surface area (Å²) in [4.78, 5) is 29.4. The summed E-state index contributed by atoms with van der Waals surface area (Å²) in [6.45, 7) is -0.217. The number of methoxy groups -OCH3 is 2. The highest BCUT2D eigenvalue weighted by molar-refractivity contribution is 5.90. The van der Waals surface area contributed by atoms with Crippen LogP contribution < -0.4 is 20.3 Å². The fraction of sp³-hybridized carbons (Fsp3) is 0.150. The minimum Gasteiger partial charge on any atom is -0.497 e. The van der Waals surface area contributed by atoms with Gasteiger partial charge in [-0.3, -0.25) is 14.2 Å². The van der Waals surface area contributed by atoms with Crippen LogP contribution in [0.3, 0.4) is 0 Å². The van der Waals surface area contributed by atoms with Crippen molar-refractivity contribution in [3.63, 3.8) is 0 Å². The summed E-state index contributed by atoms with van der Waals surface area (Å²) in [5, 5.41) is 10.7. The molecule has 0 fully saturated rings. The van der Waals surface area contributed by atoms with E-state index in [9.17, 15) is 9.59 Å². The SMILES string of the molecule is COc1cccc(NC(=O)Cn2cnc3c(nnn3-c3cccc(OC)c3)c2=O)c1. The highest BCUT2D eigenvalue weighted by Crippen LogP contribution is 2.18. The number of carbonyl (C=O) groups is 1. The smallest absolute Gasteiger partial charge is 0.284 e. The lowest BCUT2D eigenvalue weighted by Crippen LogP contribution is -2.28. The lowest BCUT2D eigenvalue weighted by Gasteiger charge is -2.08. The van der Waals surface area contributed by atoms with E-state index in [0.717, 1.165) is 0 Å². The predicted molar refractivity (Wildman–Crippen MR) is 109 cm³/mol. The average molecular weight is 406 g/mol. The molecule has 1 N–H and O–H groups in total. The first-order valence-corrected chi connectivity index (χ1v) is 8.98. The fourth-order valence-corrected chi connectivity index (χ4v) is 2.93. The third-order valence-corrected chi connectivity index (χ3v) is 4.39. The number of hydrogen-bond acceptors (Lipinski definition) is 7. The topological polar surface area (TPSA) is 113 Å². The van der Waals surface area contributed by atoms with Crippen molar-refractivity contribution in [3.05, 3.63) is 65.2 Å². The van der Waals surface area contributed by atoms with Crippen LogP contribution in [0.2, 0.25) is 0 Å². The number of rotatable bonds is 6. The average Bonchev–Trinajstić information content (AvgIpc) is 3.21. The molecule has 1 amide bonds. The maximum absolute atomic E-state index is 12.8. The van der Waals surface area contributed by atoms with Crippen molar-refractivity contribution in [2.24, 2.45) is 0 Å². The predicted octanol–water partition coefficient (Wildman–Crippen LogP) is 1.63. The van der Waals surface area contributed by atoms with Crippen LogP contribution in [-0.2, 0) is 11.3 Å². The second-order valence-electron chi connectivity index (χ2n) is 6.33.